The van der Waals surface area contributed by atoms with Crippen molar-refractivity contribution in [3.63, 3.8) is 0 Å². The van der Waals surface area contributed by atoms with Gasteiger partial charge in [0.25, 0.3) is 0 Å². The van der Waals surface area contributed by atoms with Gasteiger partial charge in [-0.25, -0.2) is 0 Å². The van der Waals surface area contributed by atoms with E-state index >= 15 is 0 Å². The van der Waals surface area contributed by atoms with Crippen molar-refractivity contribution >= 4 is 54.9 Å². The smallest absolute Gasteiger partial charge is 0.161 e. The monoisotopic (exact) mass is 525 g/mol. The van der Waals surface area contributed by atoms with Gasteiger partial charge in [-0.05, 0) is 76.9 Å². The molecule has 0 spiro atoms. The lowest BCUT2D eigenvalue weighted by Crippen LogP contribution is -1.92. The second kappa shape index (κ2) is 8.48. The van der Waals surface area contributed by atoms with Crippen molar-refractivity contribution in [2.75, 3.05) is 0 Å². The first-order valence-electron chi connectivity index (χ1n) is 13.9. The summed E-state index contributed by atoms with van der Waals surface area (Å²) in [5.41, 5.74) is 11.6. The van der Waals surface area contributed by atoms with E-state index in [9.17, 15) is 0 Å². The molecule has 0 unspecified atom stereocenters. The predicted molar refractivity (Wildman–Crippen MR) is 169 cm³/mol. The van der Waals surface area contributed by atoms with E-state index in [1.165, 1.54) is 5.56 Å². The number of para-hydroxylation sites is 3. The predicted octanol–water partition coefficient (Wildman–Crippen LogP) is 10.8. The van der Waals surface area contributed by atoms with Crippen LogP contribution in [0.5, 0.6) is 0 Å². The molecule has 0 atom stereocenters. The summed E-state index contributed by atoms with van der Waals surface area (Å²) in [5, 5.41) is 4.51. The van der Waals surface area contributed by atoms with Gasteiger partial charge in [0.1, 0.15) is 22.3 Å². The van der Waals surface area contributed by atoms with E-state index in [2.05, 4.69) is 126 Å². The Morgan fingerprint density at radius 3 is 2.10 bits per heavy atom. The average Bonchev–Trinajstić information content (AvgIpc) is 3.70. The molecule has 0 amide bonds. The van der Waals surface area contributed by atoms with Gasteiger partial charge in [0.15, 0.2) is 5.58 Å². The van der Waals surface area contributed by atoms with E-state index in [4.69, 9.17) is 8.83 Å². The molecule has 0 N–H and O–H groups in total. The van der Waals surface area contributed by atoms with Gasteiger partial charge in [-0.2, -0.15) is 0 Å². The Kier molecular flexibility index (Phi) is 4.61. The number of rotatable bonds is 3. The molecule has 0 saturated carbocycles. The fourth-order valence-corrected chi connectivity index (χ4v) is 6.37. The molecule has 0 aliphatic rings. The zero-order valence-corrected chi connectivity index (χ0v) is 22.0. The normalized spacial score (nSPS) is 11.9. The zero-order chi connectivity index (χ0) is 26.9. The van der Waals surface area contributed by atoms with E-state index in [1.807, 2.05) is 18.2 Å². The molecule has 3 heterocycles. The molecule has 0 aliphatic heterocycles. The molecule has 3 aromatic heterocycles. The van der Waals surface area contributed by atoms with Gasteiger partial charge in [0, 0.05) is 27.2 Å². The van der Waals surface area contributed by atoms with Gasteiger partial charge in [-0.1, -0.05) is 84.9 Å². The summed E-state index contributed by atoms with van der Waals surface area (Å²) in [6, 6.07) is 48.8. The summed E-state index contributed by atoms with van der Waals surface area (Å²) in [6.07, 6.45) is 0. The lowest BCUT2D eigenvalue weighted by Gasteiger charge is -2.09. The van der Waals surface area contributed by atoms with Crippen LogP contribution in [0.1, 0.15) is 0 Å². The maximum atomic E-state index is 6.61. The number of nitrogens with zero attached hydrogens (tertiary/aromatic N) is 1. The summed E-state index contributed by atoms with van der Waals surface area (Å²) in [4.78, 5) is 0. The van der Waals surface area contributed by atoms with Crippen molar-refractivity contribution in [3.8, 4) is 27.9 Å². The van der Waals surface area contributed by atoms with Gasteiger partial charge < -0.3 is 13.4 Å². The summed E-state index contributed by atoms with van der Waals surface area (Å²) in [6.45, 7) is 0. The van der Waals surface area contributed by atoms with E-state index in [1.54, 1.807) is 0 Å². The van der Waals surface area contributed by atoms with Gasteiger partial charge >= 0.3 is 0 Å². The summed E-state index contributed by atoms with van der Waals surface area (Å²) < 4.78 is 15.1. The second-order valence-electron chi connectivity index (χ2n) is 10.5. The highest BCUT2D eigenvalue weighted by Gasteiger charge is 2.19. The Balaban J connectivity index is 1.23. The van der Waals surface area contributed by atoms with Crippen molar-refractivity contribution in [1.29, 1.82) is 0 Å². The lowest BCUT2D eigenvalue weighted by atomic mass is 9.95. The summed E-state index contributed by atoms with van der Waals surface area (Å²) in [7, 11) is 0. The minimum absolute atomic E-state index is 0.885. The third kappa shape index (κ3) is 3.26. The molecule has 0 bridgehead atoms. The topological polar surface area (TPSA) is 31.2 Å². The molecule has 6 aromatic carbocycles. The van der Waals surface area contributed by atoms with Crippen LogP contribution in [0.4, 0.5) is 0 Å². The van der Waals surface area contributed by atoms with Crippen LogP contribution in [-0.2, 0) is 0 Å². The fraction of sp³-hybridized carbons (Fsp3) is 0. The standard InChI is InChI=1S/C38H23NO2/c1-2-12-27(13-3-1)39-32-17-6-4-14-29(32)38-37(39)31-21-20-25(23-35(31)41-38)24-10-8-11-26(22-24)28-16-9-19-34-36(28)30-15-5-7-18-33(30)40-34/h1-23H. The number of benzene rings is 6. The largest absolute Gasteiger partial charge is 0.456 e. The Bertz CT molecular complexity index is 2420. The van der Waals surface area contributed by atoms with Crippen LogP contribution in [0, 0.1) is 0 Å². The Labute approximate surface area is 235 Å². The van der Waals surface area contributed by atoms with Crippen LogP contribution < -0.4 is 0 Å². The second-order valence-corrected chi connectivity index (χ2v) is 10.5. The minimum Gasteiger partial charge on any atom is -0.456 e. The highest BCUT2D eigenvalue weighted by atomic mass is 16.3. The SMILES string of the molecule is c1ccc(-n2c3ccccc3c3oc4cc(-c5cccc(-c6cccc7oc8ccccc8c67)c5)ccc4c32)cc1. The summed E-state index contributed by atoms with van der Waals surface area (Å²) in [5.74, 6) is 0. The quantitative estimate of drug-likeness (QED) is 0.230. The summed E-state index contributed by atoms with van der Waals surface area (Å²) >= 11 is 0. The Morgan fingerprint density at radius 2 is 1.17 bits per heavy atom. The molecule has 0 radical (unpaired) electrons. The molecule has 41 heavy (non-hydrogen) atoms. The van der Waals surface area contributed by atoms with Crippen molar-refractivity contribution in [1.82, 2.24) is 4.57 Å². The number of fused-ring (bicyclic) bond motifs is 8. The number of hydrogen-bond acceptors (Lipinski definition) is 2. The van der Waals surface area contributed by atoms with Crippen LogP contribution in [0.2, 0.25) is 0 Å². The maximum absolute atomic E-state index is 6.61. The van der Waals surface area contributed by atoms with Crippen LogP contribution in [-0.4, -0.2) is 4.57 Å². The number of aromatic nitrogens is 1. The van der Waals surface area contributed by atoms with E-state index in [0.29, 0.717) is 0 Å². The molecule has 0 aliphatic carbocycles. The molecule has 9 aromatic rings. The molecule has 0 saturated heterocycles. The van der Waals surface area contributed by atoms with Gasteiger partial charge in [0.05, 0.1) is 5.52 Å². The Morgan fingerprint density at radius 1 is 0.439 bits per heavy atom. The van der Waals surface area contributed by atoms with Gasteiger partial charge in [-0.3, -0.25) is 0 Å². The first kappa shape index (κ1) is 22.3. The molecule has 3 heteroatoms. The average molecular weight is 526 g/mol. The minimum atomic E-state index is 0.885. The first-order valence-corrected chi connectivity index (χ1v) is 13.9. The van der Waals surface area contributed by atoms with Crippen molar-refractivity contribution in [3.05, 3.63) is 140 Å². The number of hydrogen-bond donors (Lipinski definition) is 0. The maximum Gasteiger partial charge on any atom is 0.161 e. The molecule has 192 valence electrons. The van der Waals surface area contributed by atoms with Crippen molar-refractivity contribution < 1.29 is 8.83 Å². The van der Waals surface area contributed by atoms with Crippen LogP contribution in [0.3, 0.4) is 0 Å². The molecule has 9 rings (SSSR count). The van der Waals surface area contributed by atoms with Crippen LogP contribution in [0.25, 0.3) is 82.9 Å². The highest BCUT2D eigenvalue weighted by Crippen LogP contribution is 2.41. The van der Waals surface area contributed by atoms with Crippen molar-refractivity contribution in [2.45, 2.75) is 0 Å². The van der Waals surface area contributed by atoms with E-state index in [0.717, 1.165) is 77.3 Å². The lowest BCUT2D eigenvalue weighted by molar-refractivity contribution is 0.669. The third-order valence-corrected chi connectivity index (χ3v) is 8.20. The molecular weight excluding hydrogens is 502 g/mol. The van der Waals surface area contributed by atoms with E-state index in [-0.39, 0.29) is 0 Å². The highest BCUT2D eigenvalue weighted by molar-refractivity contribution is 6.17. The van der Waals surface area contributed by atoms with Gasteiger partial charge in [-0.15, -0.1) is 0 Å². The molecular formula is C38H23NO2. The number of furan rings is 2. The van der Waals surface area contributed by atoms with Crippen LogP contribution in [0.15, 0.2) is 148 Å². The van der Waals surface area contributed by atoms with E-state index < -0.39 is 0 Å². The molecule has 3 nitrogen and oxygen atoms in total. The zero-order valence-electron chi connectivity index (χ0n) is 22.0. The Hall–Kier alpha value is -5.54. The van der Waals surface area contributed by atoms with Crippen molar-refractivity contribution in [2.24, 2.45) is 0 Å². The first-order chi connectivity index (χ1) is 20.3. The van der Waals surface area contributed by atoms with Crippen LogP contribution >= 0.6 is 0 Å². The fourth-order valence-electron chi connectivity index (χ4n) is 6.37. The third-order valence-electron chi connectivity index (χ3n) is 8.20. The van der Waals surface area contributed by atoms with Gasteiger partial charge in [0.2, 0.25) is 0 Å². The molecule has 0 fully saturated rings.